The van der Waals surface area contributed by atoms with Crippen molar-refractivity contribution in [3.8, 4) is 0 Å². The Balaban J connectivity index is 1.92. The van der Waals surface area contributed by atoms with Crippen LogP contribution in [0.5, 0.6) is 0 Å². The van der Waals surface area contributed by atoms with Crippen LogP contribution in [0.2, 0.25) is 0 Å². The van der Waals surface area contributed by atoms with Crippen molar-refractivity contribution in [3.05, 3.63) is 62.5 Å². The van der Waals surface area contributed by atoms with E-state index in [-0.39, 0.29) is 0 Å². The van der Waals surface area contributed by atoms with Gasteiger partial charge in [0.05, 0.1) is 11.7 Å². The molecule has 1 aliphatic carbocycles. The van der Waals surface area contributed by atoms with E-state index < -0.39 is 0 Å². The minimum Gasteiger partial charge on any atom is -0.377 e. The predicted molar refractivity (Wildman–Crippen MR) is 92.2 cm³/mol. The van der Waals surface area contributed by atoms with Crippen LogP contribution in [0, 0.1) is 0 Å². The number of aryl methyl sites for hydroxylation is 1. The predicted octanol–water partition coefficient (Wildman–Crippen LogP) is 6.09. The summed E-state index contributed by atoms with van der Waals surface area (Å²) in [5, 5.41) is 3.71. The van der Waals surface area contributed by atoms with Gasteiger partial charge in [0.15, 0.2) is 0 Å². The molecule has 2 aromatic carbocycles. The van der Waals surface area contributed by atoms with E-state index in [0.29, 0.717) is 6.04 Å². The van der Waals surface area contributed by atoms with E-state index >= 15 is 0 Å². The van der Waals surface area contributed by atoms with Crippen LogP contribution < -0.4 is 5.32 Å². The summed E-state index contributed by atoms with van der Waals surface area (Å²) in [7, 11) is 0. The van der Waals surface area contributed by atoms with Crippen LogP contribution in [-0.2, 0) is 6.42 Å². The number of hydrogen-bond donors (Lipinski definition) is 1. The van der Waals surface area contributed by atoms with Crippen molar-refractivity contribution < 1.29 is 0 Å². The third kappa shape index (κ3) is 3.09. The van der Waals surface area contributed by atoms with Gasteiger partial charge in [-0.1, -0.05) is 46.6 Å². The van der Waals surface area contributed by atoms with Gasteiger partial charge in [0.2, 0.25) is 0 Å². The van der Waals surface area contributed by atoms with Crippen molar-refractivity contribution in [3.63, 3.8) is 0 Å². The van der Waals surface area contributed by atoms with Gasteiger partial charge >= 0.3 is 0 Å². The number of rotatable bonds is 2. The zero-order chi connectivity index (χ0) is 13.9. The molecule has 1 nitrogen and oxygen atoms in total. The van der Waals surface area contributed by atoms with E-state index in [1.54, 1.807) is 0 Å². The van der Waals surface area contributed by atoms with Crippen molar-refractivity contribution in [1.82, 2.24) is 0 Å². The second-order valence-corrected chi connectivity index (χ2v) is 7.04. The first-order valence-corrected chi connectivity index (χ1v) is 8.62. The summed E-state index contributed by atoms with van der Waals surface area (Å²) >= 11 is 7.18. The maximum Gasteiger partial charge on any atom is 0.0516 e. The Labute approximate surface area is 137 Å². The molecular formula is C17H17Br2N. The van der Waals surface area contributed by atoms with Crippen LogP contribution in [0.3, 0.4) is 0 Å². The molecule has 3 heteroatoms. The molecule has 0 radical (unpaired) electrons. The van der Waals surface area contributed by atoms with Gasteiger partial charge in [0.1, 0.15) is 0 Å². The SMILES string of the molecule is Brc1ccc(Br)c(NC2CCCCc3ccccc32)c1. The zero-order valence-corrected chi connectivity index (χ0v) is 14.4. The first-order chi connectivity index (χ1) is 9.74. The zero-order valence-electron chi connectivity index (χ0n) is 11.2. The summed E-state index contributed by atoms with van der Waals surface area (Å²) in [6.07, 6.45) is 4.96. The molecule has 0 saturated heterocycles. The highest BCUT2D eigenvalue weighted by atomic mass is 79.9. The minimum absolute atomic E-state index is 0.402. The fourth-order valence-electron chi connectivity index (χ4n) is 2.87. The third-order valence-corrected chi connectivity index (χ3v) is 5.06. The Morgan fingerprint density at radius 1 is 1.00 bits per heavy atom. The molecule has 0 spiro atoms. The lowest BCUT2D eigenvalue weighted by atomic mass is 9.99. The second-order valence-electron chi connectivity index (χ2n) is 5.27. The quantitative estimate of drug-likeness (QED) is 0.607. The number of nitrogens with one attached hydrogen (secondary N) is 1. The maximum atomic E-state index is 3.71. The Morgan fingerprint density at radius 2 is 1.85 bits per heavy atom. The maximum absolute atomic E-state index is 3.71. The van der Waals surface area contributed by atoms with Gasteiger partial charge < -0.3 is 5.32 Å². The topological polar surface area (TPSA) is 12.0 Å². The van der Waals surface area contributed by atoms with Crippen molar-refractivity contribution >= 4 is 37.5 Å². The lowest BCUT2D eigenvalue weighted by Gasteiger charge is -2.21. The highest BCUT2D eigenvalue weighted by molar-refractivity contribution is 9.11. The standard InChI is InChI=1S/C17H17Br2N/c18-13-9-10-15(19)17(11-13)20-16-8-4-2-6-12-5-1-3-7-14(12)16/h1,3,5,7,9-11,16,20H,2,4,6,8H2. The minimum atomic E-state index is 0.402. The molecule has 0 amide bonds. The van der Waals surface area contributed by atoms with Gasteiger partial charge in [-0.2, -0.15) is 0 Å². The molecule has 0 aromatic heterocycles. The number of halogens is 2. The average molecular weight is 395 g/mol. The van der Waals surface area contributed by atoms with E-state index in [1.165, 1.54) is 36.8 Å². The first kappa shape index (κ1) is 14.2. The lowest BCUT2D eigenvalue weighted by Crippen LogP contribution is -2.11. The molecular weight excluding hydrogens is 378 g/mol. The van der Waals surface area contributed by atoms with Gasteiger partial charge in [-0.3, -0.25) is 0 Å². The number of hydrogen-bond acceptors (Lipinski definition) is 1. The fraction of sp³-hybridized carbons (Fsp3) is 0.294. The highest BCUT2D eigenvalue weighted by Gasteiger charge is 2.18. The summed E-state index contributed by atoms with van der Waals surface area (Å²) in [6, 6.07) is 15.5. The summed E-state index contributed by atoms with van der Waals surface area (Å²) in [5.41, 5.74) is 4.10. The molecule has 0 fully saturated rings. The molecule has 0 heterocycles. The third-order valence-electron chi connectivity index (χ3n) is 3.88. The Morgan fingerprint density at radius 3 is 2.75 bits per heavy atom. The molecule has 0 saturated carbocycles. The molecule has 2 aromatic rings. The van der Waals surface area contributed by atoms with Gasteiger partial charge in [-0.25, -0.2) is 0 Å². The largest absolute Gasteiger partial charge is 0.377 e. The van der Waals surface area contributed by atoms with Crippen LogP contribution in [0.1, 0.15) is 36.4 Å². The summed E-state index contributed by atoms with van der Waals surface area (Å²) in [6.45, 7) is 0. The van der Waals surface area contributed by atoms with Crippen molar-refractivity contribution in [2.45, 2.75) is 31.7 Å². The molecule has 1 unspecified atom stereocenters. The average Bonchev–Trinajstić information content (AvgIpc) is 2.66. The number of fused-ring (bicyclic) bond motifs is 1. The number of benzene rings is 2. The van der Waals surface area contributed by atoms with E-state index in [2.05, 4.69) is 79.6 Å². The normalized spacial score (nSPS) is 18.2. The van der Waals surface area contributed by atoms with Crippen LogP contribution in [-0.4, -0.2) is 0 Å². The Kier molecular flexibility index (Phi) is 4.47. The summed E-state index contributed by atoms with van der Waals surface area (Å²) in [4.78, 5) is 0. The van der Waals surface area contributed by atoms with E-state index in [1.807, 2.05) is 0 Å². The Bertz CT molecular complexity index is 610. The molecule has 3 rings (SSSR count). The summed E-state index contributed by atoms with van der Waals surface area (Å²) in [5.74, 6) is 0. The smallest absolute Gasteiger partial charge is 0.0516 e. The van der Waals surface area contributed by atoms with E-state index in [9.17, 15) is 0 Å². The van der Waals surface area contributed by atoms with Gasteiger partial charge in [0.25, 0.3) is 0 Å². The molecule has 104 valence electrons. The van der Waals surface area contributed by atoms with Crippen molar-refractivity contribution in [2.75, 3.05) is 5.32 Å². The van der Waals surface area contributed by atoms with Crippen LogP contribution in [0.25, 0.3) is 0 Å². The molecule has 0 aliphatic heterocycles. The summed E-state index contributed by atoms with van der Waals surface area (Å²) < 4.78 is 2.22. The molecule has 0 bridgehead atoms. The lowest BCUT2D eigenvalue weighted by molar-refractivity contribution is 0.644. The highest BCUT2D eigenvalue weighted by Crippen LogP contribution is 2.34. The Hall–Kier alpha value is -0.800. The molecule has 1 N–H and O–H groups in total. The van der Waals surface area contributed by atoms with Gasteiger partial charge in [-0.15, -0.1) is 0 Å². The van der Waals surface area contributed by atoms with Crippen LogP contribution in [0.4, 0.5) is 5.69 Å². The van der Waals surface area contributed by atoms with Crippen molar-refractivity contribution in [2.24, 2.45) is 0 Å². The number of anilines is 1. The second kappa shape index (κ2) is 6.31. The van der Waals surface area contributed by atoms with Crippen molar-refractivity contribution in [1.29, 1.82) is 0 Å². The molecule has 20 heavy (non-hydrogen) atoms. The van der Waals surface area contributed by atoms with Crippen LogP contribution in [0.15, 0.2) is 51.4 Å². The fourth-order valence-corrected chi connectivity index (χ4v) is 3.59. The van der Waals surface area contributed by atoms with Gasteiger partial charge in [-0.05, 0) is 64.5 Å². The first-order valence-electron chi connectivity index (χ1n) is 7.03. The monoisotopic (exact) mass is 393 g/mol. The van der Waals surface area contributed by atoms with E-state index in [0.717, 1.165) is 14.6 Å². The van der Waals surface area contributed by atoms with Gasteiger partial charge in [0, 0.05) is 8.95 Å². The molecule has 1 aliphatic rings. The van der Waals surface area contributed by atoms with E-state index in [4.69, 9.17) is 0 Å². The molecule has 1 atom stereocenters. The van der Waals surface area contributed by atoms with Crippen LogP contribution >= 0.6 is 31.9 Å².